The normalized spacial score (nSPS) is 13.0. The molecule has 0 amide bonds. The summed E-state index contributed by atoms with van der Waals surface area (Å²) < 4.78 is 16.6. The minimum absolute atomic E-state index is 0.116. The fourth-order valence-corrected chi connectivity index (χ4v) is 5.74. The second-order valence-electron chi connectivity index (χ2n) is 14.7. The van der Waals surface area contributed by atoms with E-state index >= 15 is 0 Å². The van der Waals surface area contributed by atoms with Gasteiger partial charge in [0.05, 0.1) is 0 Å². The van der Waals surface area contributed by atoms with Crippen molar-refractivity contribution in [3.63, 3.8) is 0 Å². The first-order chi connectivity index (χ1) is 28.0. The number of unbranched alkanes of at least 4 members (excludes halogenated alkanes) is 17. The van der Waals surface area contributed by atoms with Gasteiger partial charge in [-0.25, -0.2) is 0 Å². The summed E-state index contributed by atoms with van der Waals surface area (Å²) in [6, 6.07) is 0. The van der Waals surface area contributed by atoms with Gasteiger partial charge in [0.2, 0.25) is 0 Å². The average molecular weight is 791 g/mol. The van der Waals surface area contributed by atoms with E-state index in [1.165, 1.54) is 64.2 Å². The van der Waals surface area contributed by atoms with Gasteiger partial charge in [0, 0.05) is 19.3 Å². The second kappa shape index (κ2) is 45.0. The Labute approximate surface area is 349 Å². The van der Waals surface area contributed by atoms with Crippen LogP contribution in [0.5, 0.6) is 0 Å². The third-order valence-electron chi connectivity index (χ3n) is 9.20. The summed E-state index contributed by atoms with van der Waals surface area (Å²) in [5.41, 5.74) is 0. The highest BCUT2D eigenvalue weighted by Crippen LogP contribution is 2.12. The predicted molar refractivity (Wildman–Crippen MR) is 242 cm³/mol. The Morgan fingerprint density at radius 3 is 1.25 bits per heavy atom. The summed E-state index contributed by atoms with van der Waals surface area (Å²) in [7, 11) is 0. The van der Waals surface area contributed by atoms with E-state index in [1.807, 2.05) is 54.7 Å². The Kier molecular flexibility index (Phi) is 42.1. The molecular weight excluding hydrogens is 709 g/mol. The summed E-state index contributed by atoms with van der Waals surface area (Å²) in [5, 5.41) is 0. The number of esters is 3. The molecule has 0 aromatic rings. The standard InChI is InChI=1S/C51H82O6/c1-4-7-10-13-16-19-22-24-25-27-29-32-35-38-41-44-50(53)56-47-48(46-55-49(52)43-40-37-34-31-28-21-18-15-12-9-6-3)57-51(54)45-42-39-36-33-30-26-23-20-17-14-11-8-5-2/h8,11,14-20,22-24,26,30,33,36,48H,4-7,9-10,12-13,21,25,27-29,31-32,34-35,37-47H2,1-3H3/b11-8-,17-14-,18-15-,19-16-,23-20-,24-22-,30-26-,36-33-. The highest BCUT2D eigenvalue weighted by Gasteiger charge is 2.19. The molecule has 322 valence electrons. The average Bonchev–Trinajstić information content (AvgIpc) is 3.21. The van der Waals surface area contributed by atoms with Crippen molar-refractivity contribution in [1.82, 2.24) is 0 Å². The first-order valence-electron chi connectivity index (χ1n) is 22.8. The van der Waals surface area contributed by atoms with Gasteiger partial charge in [-0.1, -0.05) is 189 Å². The van der Waals surface area contributed by atoms with Crippen LogP contribution in [0.3, 0.4) is 0 Å². The van der Waals surface area contributed by atoms with Crippen LogP contribution < -0.4 is 0 Å². The van der Waals surface area contributed by atoms with Gasteiger partial charge in [-0.05, 0) is 77.0 Å². The zero-order valence-electron chi connectivity index (χ0n) is 36.6. The highest BCUT2D eigenvalue weighted by atomic mass is 16.6. The smallest absolute Gasteiger partial charge is 0.306 e. The molecule has 0 aliphatic heterocycles. The Morgan fingerprint density at radius 1 is 0.368 bits per heavy atom. The van der Waals surface area contributed by atoms with E-state index in [0.29, 0.717) is 19.3 Å². The van der Waals surface area contributed by atoms with Crippen LogP contribution in [0.25, 0.3) is 0 Å². The fourth-order valence-electron chi connectivity index (χ4n) is 5.74. The lowest BCUT2D eigenvalue weighted by Crippen LogP contribution is -2.30. The number of ether oxygens (including phenoxy) is 3. The Hall–Kier alpha value is -3.67. The van der Waals surface area contributed by atoms with Gasteiger partial charge in [0.15, 0.2) is 6.10 Å². The van der Waals surface area contributed by atoms with Gasteiger partial charge in [-0.2, -0.15) is 0 Å². The largest absolute Gasteiger partial charge is 0.462 e. The molecule has 0 saturated carbocycles. The molecule has 0 aliphatic rings. The van der Waals surface area contributed by atoms with E-state index in [9.17, 15) is 14.4 Å². The van der Waals surface area contributed by atoms with E-state index in [4.69, 9.17) is 14.2 Å². The first kappa shape index (κ1) is 53.3. The molecule has 0 aromatic heterocycles. The number of rotatable bonds is 39. The molecule has 0 saturated heterocycles. The van der Waals surface area contributed by atoms with Gasteiger partial charge < -0.3 is 14.2 Å². The molecule has 0 aromatic carbocycles. The Bertz CT molecular complexity index is 1180. The molecular formula is C51H82O6. The summed E-state index contributed by atoms with van der Waals surface area (Å²) in [6.07, 6.45) is 58.2. The molecule has 0 heterocycles. The van der Waals surface area contributed by atoms with E-state index < -0.39 is 12.1 Å². The summed E-state index contributed by atoms with van der Waals surface area (Å²) in [4.78, 5) is 37.7. The molecule has 0 bridgehead atoms. The quantitative estimate of drug-likeness (QED) is 0.0203. The predicted octanol–water partition coefficient (Wildman–Crippen LogP) is 14.6. The van der Waals surface area contributed by atoms with E-state index in [2.05, 4.69) is 63.3 Å². The van der Waals surface area contributed by atoms with Crippen molar-refractivity contribution < 1.29 is 28.6 Å². The molecule has 0 rings (SSSR count). The molecule has 6 heteroatoms. The maximum atomic E-state index is 12.7. The van der Waals surface area contributed by atoms with Crippen LogP contribution in [0.15, 0.2) is 97.2 Å². The summed E-state index contributed by atoms with van der Waals surface area (Å²) >= 11 is 0. The number of allylic oxidation sites excluding steroid dienone is 16. The highest BCUT2D eigenvalue weighted by molar-refractivity contribution is 5.71. The van der Waals surface area contributed by atoms with Crippen LogP contribution in [0.4, 0.5) is 0 Å². The van der Waals surface area contributed by atoms with Gasteiger partial charge in [-0.15, -0.1) is 0 Å². The van der Waals surface area contributed by atoms with Crippen LogP contribution in [0.2, 0.25) is 0 Å². The number of carbonyl (C=O) groups is 3. The van der Waals surface area contributed by atoms with E-state index in [-0.39, 0.29) is 31.6 Å². The molecule has 0 aliphatic carbocycles. The maximum absolute atomic E-state index is 12.7. The number of hydrogen-bond acceptors (Lipinski definition) is 6. The van der Waals surface area contributed by atoms with E-state index in [1.54, 1.807) is 0 Å². The molecule has 6 nitrogen and oxygen atoms in total. The third-order valence-corrected chi connectivity index (χ3v) is 9.20. The maximum Gasteiger partial charge on any atom is 0.306 e. The lowest BCUT2D eigenvalue weighted by Gasteiger charge is -2.18. The minimum atomic E-state index is -0.821. The van der Waals surface area contributed by atoms with E-state index in [0.717, 1.165) is 77.0 Å². The summed E-state index contributed by atoms with van der Waals surface area (Å²) in [5.74, 6) is -1.02. The molecule has 1 unspecified atom stereocenters. The summed E-state index contributed by atoms with van der Waals surface area (Å²) in [6.45, 7) is 6.31. The lowest BCUT2D eigenvalue weighted by atomic mass is 10.1. The van der Waals surface area contributed by atoms with Crippen LogP contribution in [-0.4, -0.2) is 37.2 Å². The lowest BCUT2D eigenvalue weighted by molar-refractivity contribution is -0.167. The van der Waals surface area contributed by atoms with Crippen LogP contribution in [0.1, 0.15) is 188 Å². The van der Waals surface area contributed by atoms with Crippen molar-refractivity contribution in [1.29, 1.82) is 0 Å². The first-order valence-corrected chi connectivity index (χ1v) is 22.8. The van der Waals surface area contributed by atoms with Gasteiger partial charge in [0.25, 0.3) is 0 Å². The molecule has 0 fully saturated rings. The Morgan fingerprint density at radius 2 is 0.737 bits per heavy atom. The molecule has 57 heavy (non-hydrogen) atoms. The van der Waals surface area contributed by atoms with Crippen molar-refractivity contribution in [2.24, 2.45) is 0 Å². The second-order valence-corrected chi connectivity index (χ2v) is 14.7. The van der Waals surface area contributed by atoms with Crippen molar-refractivity contribution in [2.45, 2.75) is 194 Å². The minimum Gasteiger partial charge on any atom is -0.462 e. The number of carbonyl (C=O) groups excluding carboxylic acids is 3. The fraction of sp³-hybridized carbons (Fsp3) is 0.627. The van der Waals surface area contributed by atoms with Gasteiger partial charge in [-0.3, -0.25) is 14.4 Å². The van der Waals surface area contributed by atoms with Crippen molar-refractivity contribution in [3.8, 4) is 0 Å². The zero-order valence-corrected chi connectivity index (χ0v) is 36.6. The zero-order chi connectivity index (χ0) is 41.5. The molecule has 0 N–H and O–H groups in total. The molecule has 0 radical (unpaired) electrons. The molecule has 0 spiro atoms. The number of hydrogen-bond donors (Lipinski definition) is 0. The van der Waals surface area contributed by atoms with Crippen LogP contribution in [0, 0.1) is 0 Å². The Balaban J connectivity index is 4.54. The van der Waals surface area contributed by atoms with Crippen LogP contribution in [-0.2, 0) is 28.6 Å². The van der Waals surface area contributed by atoms with Gasteiger partial charge >= 0.3 is 17.9 Å². The topological polar surface area (TPSA) is 78.9 Å². The SMILES string of the molecule is CC\C=C/C=C\C=C/C=C\C=C/CCCC(=O)OC(COC(=O)CCCCCCC/C=C\CCCC)COC(=O)CCCCCCCC/C=C\C=C/CCCCC. The third kappa shape index (κ3) is 43.3. The monoisotopic (exact) mass is 791 g/mol. The van der Waals surface area contributed by atoms with Crippen molar-refractivity contribution in [3.05, 3.63) is 97.2 Å². The molecule has 1 atom stereocenters. The van der Waals surface area contributed by atoms with Gasteiger partial charge in [0.1, 0.15) is 13.2 Å². The van der Waals surface area contributed by atoms with Crippen molar-refractivity contribution >= 4 is 17.9 Å². The van der Waals surface area contributed by atoms with Crippen molar-refractivity contribution in [2.75, 3.05) is 13.2 Å². The van der Waals surface area contributed by atoms with Crippen LogP contribution >= 0.6 is 0 Å².